The lowest BCUT2D eigenvalue weighted by Crippen LogP contribution is -2.29. The minimum absolute atomic E-state index is 0.145. The van der Waals surface area contributed by atoms with Gasteiger partial charge in [-0.1, -0.05) is 82.8 Å². The summed E-state index contributed by atoms with van der Waals surface area (Å²) in [6, 6.07) is 29.8. The molecule has 6 aromatic carbocycles. The van der Waals surface area contributed by atoms with E-state index in [4.69, 9.17) is 57.9 Å². The summed E-state index contributed by atoms with van der Waals surface area (Å²) < 4.78 is 0. The zero-order valence-corrected chi connectivity index (χ0v) is 29.6. The van der Waals surface area contributed by atoms with Crippen molar-refractivity contribution in [3.8, 4) is 33.4 Å². The van der Waals surface area contributed by atoms with Gasteiger partial charge in [0, 0.05) is 22.5 Å². The first-order chi connectivity index (χ1) is 24.9. The third-order valence-corrected chi connectivity index (χ3v) is 10.3. The van der Waals surface area contributed by atoms with Crippen LogP contribution in [0.2, 0.25) is 20.1 Å². The van der Waals surface area contributed by atoms with Gasteiger partial charge in [0.05, 0.1) is 53.7 Å². The Bertz CT molecular complexity index is 2430. The monoisotopic (exact) mass is 762 g/mol. The molecule has 0 fully saturated rings. The van der Waals surface area contributed by atoms with Crippen molar-refractivity contribution in [3.63, 3.8) is 0 Å². The van der Waals surface area contributed by atoms with E-state index in [2.05, 4.69) is 0 Å². The molecule has 8 nitrogen and oxygen atoms in total. The van der Waals surface area contributed by atoms with E-state index in [9.17, 15) is 19.2 Å². The number of hydrogen-bond acceptors (Lipinski definition) is 6. The molecule has 52 heavy (non-hydrogen) atoms. The molecule has 0 radical (unpaired) electrons. The Labute approximate surface area is 316 Å². The van der Waals surface area contributed by atoms with Crippen LogP contribution in [0, 0.1) is 0 Å². The second kappa shape index (κ2) is 12.5. The molecule has 0 aromatic heterocycles. The molecule has 4 N–H and O–H groups in total. The molecule has 0 bridgehead atoms. The Morgan fingerprint density at radius 1 is 0.346 bits per heavy atom. The van der Waals surface area contributed by atoms with Gasteiger partial charge in [-0.2, -0.15) is 0 Å². The molecular weight excluding hydrogens is 742 g/mol. The lowest BCUT2D eigenvalue weighted by atomic mass is 10.00. The van der Waals surface area contributed by atoms with Crippen LogP contribution in [0.3, 0.4) is 0 Å². The van der Waals surface area contributed by atoms with E-state index in [-0.39, 0.29) is 43.7 Å². The fraction of sp³-hybridized carbons (Fsp3) is 0. The SMILES string of the molecule is Nc1ccc(-c2ccc3c(c2)C(=O)N(c2ccc(-c4ccc(N5C(=O)c6ccc(-c7ccc(N)cc7Cl)cc6C5=O)c(Cl)c4)cc2Cl)C3=O)c(Cl)c1. The van der Waals surface area contributed by atoms with E-state index < -0.39 is 23.6 Å². The Morgan fingerprint density at radius 2 is 0.692 bits per heavy atom. The van der Waals surface area contributed by atoms with Gasteiger partial charge in [-0.3, -0.25) is 19.2 Å². The van der Waals surface area contributed by atoms with Gasteiger partial charge in [-0.25, -0.2) is 9.80 Å². The number of carbonyl (C=O) groups is 4. The highest BCUT2D eigenvalue weighted by atomic mass is 35.5. The second-order valence-electron chi connectivity index (χ2n) is 12.2. The number of fused-ring (bicyclic) bond motifs is 2. The number of nitrogens with zero attached hydrogens (tertiary/aromatic N) is 2. The molecule has 2 heterocycles. The zero-order chi connectivity index (χ0) is 36.6. The molecule has 0 spiro atoms. The summed E-state index contributed by atoms with van der Waals surface area (Å²) in [7, 11) is 0. The summed E-state index contributed by atoms with van der Waals surface area (Å²) in [5, 5.41) is 1.12. The fourth-order valence-corrected chi connectivity index (χ4v) is 7.65. The average molecular weight is 764 g/mol. The Hall–Kier alpha value is -5.64. The van der Waals surface area contributed by atoms with Crippen molar-refractivity contribution >= 4 is 92.8 Å². The Kier molecular flexibility index (Phi) is 8.08. The molecule has 0 aliphatic carbocycles. The minimum atomic E-state index is -0.528. The van der Waals surface area contributed by atoms with Crippen molar-refractivity contribution in [1.29, 1.82) is 0 Å². The van der Waals surface area contributed by atoms with Crippen molar-refractivity contribution in [2.24, 2.45) is 0 Å². The molecule has 2 aliphatic heterocycles. The van der Waals surface area contributed by atoms with Crippen molar-refractivity contribution in [1.82, 2.24) is 0 Å². The van der Waals surface area contributed by atoms with Crippen LogP contribution in [0.4, 0.5) is 22.7 Å². The predicted octanol–water partition coefficient (Wildman–Crippen LogP) is 10.1. The zero-order valence-electron chi connectivity index (χ0n) is 26.6. The van der Waals surface area contributed by atoms with Crippen LogP contribution in [-0.4, -0.2) is 23.6 Å². The van der Waals surface area contributed by atoms with Crippen LogP contribution in [0.15, 0.2) is 109 Å². The van der Waals surface area contributed by atoms with Gasteiger partial charge in [-0.05, 0) is 95.1 Å². The number of nitrogens with two attached hydrogens (primary N) is 2. The molecule has 0 saturated carbocycles. The summed E-state index contributed by atoms with van der Waals surface area (Å²) in [6.07, 6.45) is 0. The third-order valence-electron chi connectivity index (χ3n) is 9.09. The average Bonchev–Trinajstić information content (AvgIpc) is 3.51. The number of anilines is 4. The molecule has 0 atom stereocenters. The molecule has 2 aliphatic rings. The number of imide groups is 2. The van der Waals surface area contributed by atoms with Gasteiger partial charge in [0.15, 0.2) is 0 Å². The lowest BCUT2D eigenvalue weighted by molar-refractivity contribution is 0.0910. The quantitative estimate of drug-likeness (QED) is 0.133. The van der Waals surface area contributed by atoms with E-state index in [0.29, 0.717) is 54.8 Å². The van der Waals surface area contributed by atoms with Crippen LogP contribution in [0.5, 0.6) is 0 Å². The molecule has 4 amide bonds. The van der Waals surface area contributed by atoms with Crippen LogP contribution in [-0.2, 0) is 0 Å². The van der Waals surface area contributed by atoms with Gasteiger partial charge < -0.3 is 11.5 Å². The molecular formula is C40H22Cl4N4O4. The van der Waals surface area contributed by atoms with Gasteiger partial charge in [0.25, 0.3) is 23.6 Å². The smallest absolute Gasteiger partial charge is 0.266 e. The van der Waals surface area contributed by atoms with Gasteiger partial charge in [0.2, 0.25) is 0 Å². The van der Waals surface area contributed by atoms with Gasteiger partial charge in [-0.15, -0.1) is 0 Å². The van der Waals surface area contributed by atoms with E-state index in [0.717, 1.165) is 9.80 Å². The summed E-state index contributed by atoms with van der Waals surface area (Å²) in [5.41, 5.74) is 17.9. The first-order valence-corrected chi connectivity index (χ1v) is 17.2. The van der Waals surface area contributed by atoms with Crippen LogP contribution in [0.1, 0.15) is 41.4 Å². The first kappa shape index (κ1) is 33.5. The van der Waals surface area contributed by atoms with E-state index in [1.54, 1.807) is 109 Å². The van der Waals surface area contributed by atoms with Crippen molar-refractivity contribution < 1.29 is 19.2 Å². The molecule has 0 unspecified atom stereocenters. The van der Waals surface area contributed by atoms with Crippen molar-refractivity contribution in [2.75, 3.05) is 21.3 Å². The molecule has 0 saturated heterocycles. The predicted molar refractivity (Wildman–Crippen MR) is 207 cm³/mol. The maximum Gasteiger partial charge on any atom is 0.266 e. The summed E-state index contributed by atoms with van der Waals surface area (Å²) in [6.45, 7) is 0. The summed E-state index contributed by atoms with van der Waals surface area (Å²) in [5.74, 6) is -2.08. The highest BCUT2D eigenvalue weighted by molar-refractivity contribution is 6.41. The van der Waals surface area contributed by atoms with Gasteiger partial charge in [0.1, 0.15) is 0 Å². The van der Waals surface area contributed by atoms with Crippen LogP contribution >= 0.6 is 46.4 Å². The van der Waals surface area contributed by atoms with Crippen molar-refractivity contribution in [3.05, 3.63) is 152 Å². The normalized spacial score (nSPS) is 13.6. The Morgan fingerprint density at radius 3 is 1.06 bits per heavy atom. The fourth-order valence-electron chi connectivity index (χ4n) is 6.52. The number of carbonyl (C=O) groups excluding carboxylic acids is 4. The molecule has 6 aromatic rings. The number of hydrogen-bond donors (Lipinski definition) is 2. The minimum Gasteiger partial charge on any atom is -0.399 e. The highest BCUT2D eigenvalue weighted by Crippen LogP contribution is 2.41. The van der Waals surface area contributed by atoms with Crippen molar-refractivity contribution in [2.45, 2.75) is 0 Å². The lowest BCUT2D eigenvalue weighted by Gasteiger charge is -2.18. The maximum absolute atomic E-state index is 13.6. The molecule has 12 heteroatoms. The third kappa shape index (κ3) is 5.39. The number of amides is 4. The largest absolute Gasteiger partial charge is 0.399 e. The maximum atomic E-state index is 13.6. The molecule has 254 valence electrons. The van der Waals surface area contributed by atoms with E-state index in [1.807, 2.05) is 0 Å². The van der Waals surface area contributed by atoms with Crippen LogP contribution in [0.25, 0.3) is 33.4 Å². The summed E-state index contributed by atoms with van der Waals surface area (Å²) in [4.78, 5) is 56.2. The van der Waals surface area contributed by atoms with E-state index >= 15 is 0 Å². The second-order valence-corrected chi connectivity index (χ2v) is 13.9. The number of nitrogen functional groups attached to an aromatic ring is 2. The van der Waals surface area contributed by atoms with E-state index in [1.165, 1.54) is 0 Å². The summed E-state index contributed by atoms with van der Waals surface area (Å²) >= 11 is 26.2. The Balaban J connectivity index is 1.05. The number of benzene rings is 6. The first-order valence-electron chi connectivity index (χ1n) is 15.7. The topological polar surface area (TPSA) is 127 Å². The molecule has 8 rings (SSSR count). The highest BCUT2D eigenvalue weighted by Gasteiger charge is 2.39. The number of rotatable bonds is 5. The number of halogens is 4. The van der Waals surface area contributed by atoms with Crippen LogP contribution < -0.4 is 21.3 Å². The van der Waals surface area contributed by atoms with Gasteiger partial charge >= 0.3 is 0 Å². The standard InChI is InChI=1S/C40H22Cl4N4O4/c41-31-17-23(45)5-9-25(31)21-1-7-27-29(13-21)39(51)47(37(27)49)35-11-3-19(15-33(35)43)20-4-12-36(34(44)16-20)48-38(50)28-8-2-22(14-30(28)40(48)52)26-10-6-24(46)18-32(26)42/h1-18H,45-46H2.